The van der Waals surface area contributed by atoms with E-state index in [0.29, 0.717) is 0 Å². The molecule has 0 spiro atoms. The molecular formula is C45H29N5. The Bertz CT molecular complexity index is 2550. The lowest BCUT2D eigenvalue weighted by Gasteiger charge is -2.14. The maximum Gasteiger partial charge on any atom is 0.0972 e. The van der Waals surface area contributed by atoms with Gasteiger partial charge in [-0.15, -0.1) is 0 Å². The number of fused-ring (bicyclic) bond motifs is 3. The highest BCUT2D eigenvalue weighted by Gasteiger charge is 2.15. The first-order chi connectivity index (χ1) is 24.8. The van der Waals surface area contributed by atoms with Gasteiger partial charge >= 0.3 is 0 Å². The summed E-state index contributed by atoms with van der Waals surface area (Å²) in [5.74, 6) is 0. The molecule has 5 heterocycles. The normalized spacial score (nSPS) is 11.2. The molecule has 0 radical (unpaired) electrons. The van der Waals surface area contributed by atoms with Crippen LogP contribution in [0.2, 0.25) is 0 Å². The van der Waals surface area contributed by atoms with E-state index in [1.54, 1.807) is 12.4 Å². The predicted octanol–water partition coefficient (Wildman–Crippen LogP) is 11.0. The van der Waals surface area contributed by atoms with Crippen molar-refractivity contribution in [3.05, 3.63) is 176 Å². The average molecular weight is 640 g/mol. The Labute approximate surface area is 289 Å². The van der Waals surface area contributed by atoms with E-state index in [1.807, 2.05) is 66.9 Å². The first kappa shape index (κ1) is 29.3. The summed E-state index contributed by atoms with van der Waals surface area (Å²) in [6.07, 6.45) is 5.41. The third kappa shape index (κ3) is 5.47. The molecule has 0 aliphatic heterocycles. The van der Waals surface area contributed by atoms with Gasteiger partial charge in [-0.05, 0) is 88.0 Å². The van der Waals surface area contributed by atoms with Gasteiger partial charge in [0.05, 0.1) is 39.7 Å². The van der Waals surface area contributed by atoms with Crippen molar-refractivity contribution >= 4 is 21.7 Å². The van der Waals surface area contributed by atoms with Crippen LogP contribution in [-0.2, 0) is 0 Å². The van der Waals surface area contributed by atoms with Crippen LogP contribution in [0.1, 0.15) is 0 Å². The van der Waals surface area contributed by atoms with Crippen molar-refractivity contribution in [2.45, 2.75) is 0 Å². The fourth-order valence-corrected chi connectivity index (χ4v) is 6.63. The van der Waals surface area contributed by atoms with Crippen molar-refractivity contribution in [1.29, 1.82) is 0 Å². The van der Waals surface area contributed by atoms with E-state index in [4.69, 9.17) is 9.97 Å². The maximum atomic E-state index is 5.06. The second kappa shape index (κ2) is 12.6. The summed E-state index contributed by atoms with van der Waals surface area (Å²) in [6.45, 7) is 0. The molecule has 0 amide bonds. The van der Waals surface area contributed by atoms with Crippen molar-refractivity contribution in [3.8, 4) is 67.5 Å². The van der Waals surface area contributed by atoms with Crippen LogP contribution in [-0.4, -0.2) is 24.9 Å². The average Bonchev–Trinajstić information content (AvgIpc) is 3.21. The third-order valence-electron chi connectivity index (χ3n) is 9.06. The monoisotopic (exact) mass is 639 g/mol. The lowest BCUT2D eigenvalue weighted by atomic mass is 9.92. The molecule has 9 aromatic rings. The van der Waals surface area contributed by atoms with Gasteiger partial charge in [0.1, 0.15) is 0 Å². The summed E-state index contributed by atoms with van der Waals surface area (Å²) in [4.78, 5) is 23.7. The second-order valence-electron chi connectivity index (χ2n) is 12.1. The van der Waals surface area contributed by atoms with Crippen LogP contribution >= 0.6 is 0 Å². The van der Waals surface area contributed by atoms with Crippen LogP contribution in [0.3, 0.4) is 0 Å². The van der Waals surface area contributed by atoms with Gasteiger partial charge < -0.3 is 0 Å². The van der Waals surface area contributed by atoms with Crippen LogP contribution in [0.5, 0.6) is 0 Å². The molecule has 0 atom stereocenters. The number of nitrogens with zero attached hydrogens (tertiary/aromatic N) is 5. The Morgan fingerprint density at radius 1 is 0.320 bits per heavy atom. The van der Waals surface area contributed by atoms with E-state index in [-0.39, 0.29) is 0 Å². The quantitative estimate of drug-likeness (QED) is 0.169. The smallest absolute Gasteiger partial charge is 0.0972 e. The Morgan fingerprint density at radius 3 is 1.40 bits per heavy atom. The number of para-hydroxylation sites is 1. The third-order valence-corrected chi connectivity index (χ3v) is 9.06. The number of benzene rings is 4. The molecule has 0 fully saturated rings. The van der Waals surface area contributed by atoms with Crippen molar-refractivity contribution in [3.63, 3.8) is 0 Å². The number of hydrogen-bond acceptors (Lipinski definition) is 5. The topological polar surface area (TPSA) is 64.5 Å². The molecule has 9 rings (SSSR count). The molecule has 5 nitrogen and oxygen atoms in total. The highest BCUT2D eigenvalue weighted by molar-refractivity contribution is 6.16. The summed E-state index contributed by atoms with van der Waals surface area (Å²) >= 11 is 0. The summed E-state index contributed by atoms with van der Waals surface area (Å²) in [5, 5.41) is 3.40. The van der Waals surface area contributed by atoms with Gasteiger partial charge in [0.25, 0.3) is 0 Å². The van der Waals surface area contributed by atoms with Crippen molar-refractivity contribution in [2.24, 2.45) is 0 Å². The van der Waals surface area contributed by atoms with E-state index in [9.17, 15) is 0 Å². The van der Waals surface area contributed by atoms with Gasteiger partial charge in [0.15, 0.2) is 0 Å². The number of aromatic nitrogens is 5. The van der Waals surface area contributed by atoms with Crippen LogP contribution in [0, 0.1) is 0 Å². The molecule has 50 heavy (non-hydrogen) atoms. The molecule has 5 heteroatoms. The van der Waals surface area contributed by atoms with Gasteiger partial charge in [-0.3, -0.25) is 15.0 Å². The van der Waals surface area contributed by atoms with Gasteiger partial charge in [-0.2, -0.15) is 0 Å². The molecule has 0 unspecified atom stereocenters. The number of rotatable bonds is 6. The first-order valence-corrected chi connectivity index (χ1v) is 16.6. The van der Waals surface area contributed by atoms with Crippen LogP contribution in [0.25, 0.3) is 89.2 Å². The van der Waals surface area contributed by atoms with Gasteiger partial charge in [0, 0.05) is 34.7 Å². The zero-order valence-corrected chi connectivity index (χ0v) is 27.0. The van der Waals surface area contributed by atoms with Crippen molar-refractivity contribution < 1.29 is 0 Å². The van der Waals surface area contributed by atoms with E-state index < -0.39 is 0 Å². The fourth-order valence-electron chi connectivity index (χ4n) is 6.63. The molecule has 0 N–H and O–H groups in total. The van der Waals surface area contributed by atoms with Gasteiger partial charge in [-0.1, -0.05) is 103 Å². The van der Waals surface area contributed by atoms with E-state index in [0.717, 1.165) is 78.3 Å². The summed E-state index contributed by atoms with van der Waals surface area (Å²) in [6, 6.07) is 54.3. The second-order valence-corrected chi connectivity index (χ2v) is 12.1. The molecule has 0 aliphatic rings. The Kier molecular flexibility index (Phi) is 7.41. The van der Waals surface area contributed by atoms with E-state index in [2.05, 4.69) is 112 Å². The van der Waals surface area contributed by atoms with Crippen LogP contribution < -0.4 is 0 Å². The van der Waals surface area contributed by atoms with Crippen molar-refractivity contribution in [1.82, 2.24) is 24.9 Å². The SMILES string of the molecule is c1ccc(-c2cc(-c3ccc(-c4ccc(-c5cccc6c(-c7ccccn7)nc7ccccc7c56)cc4)cc3)cc(-c3ccccn3)n2)nc1. The molecular weight excluding hydrogens is 611 g/mol. The number of pyridine rings is 5. The highest BCUT2D eigenvalue weighted by Crippen LogP contribution is 2.39. The Hall–Kier alpha value is -6.85. The molecule has 0 bridgehead atoms. The first-order valence-electron chi connectivity index (χ1n) is 16.6. The minimum atomic E-state index is 0.813. The minimum Gasteiger partial charge on any atom is -0.255 e. The van der Waals surface area contributed by atoms with Crippen LogP contribution in [0.4, 0.5) is 0 Å². The lowest BCUT2D eigenvalue weighted by molar-refractivity contribution is 1.22. The number of hydrogen-bond donors (Lipinski definition) is 0. The molecule has 4 aromatic carbocycles. The largest absolute Gasteiger partial charge is 0.255 e. The minimum absolute atomic E-state index is 0.813. The van der Waals surface area contributed by atoms with Crippen LogP contribution in [0.15, 0.2) is 176 Å². The van der Waals surface area contributed by atoms with E-state index >= 15 is 0 Å². The van der Waals surface area contributed by atoms with Crippen molar-refractivity contribution in [2.75, 3.05) is 0 Å². The Balaban J connectivity index is 1.08. The summed E-state index contributed by atoms with van der Waals surface area (Å²) in [7, 11) is 0. The van der Waals surface area contributed by atoms with E-state index in [1.165, 1.54) is 10.9 Å². The zero-order valence-electron chi connectivity index (χ0n) is 27.0. The highest BCUT2D eigenvalue weighted by atomic mass is 14.8. The predicted molar refractivity (Wildman–Crippen MR) is 203 cm³/mol. The molecule has 0 aliphatic carbocycles. The fraction of sp³-hybridized carbons (Fsp3) is 0. The van der Waals surface area contributed by atoms with Gasteiger partial charge in [-0.25, -0.2) is 9.97 Å². The lowest BCUT2D eigenvalue weighted by Crippen LogP contribution is -1.94. The van der Waals surface area contributed by atoms with Gasteiger partial charge in [0.2, 0.25) is 0 Å². The summed E-state index contributed by atoms with van der Waals surface area (Å²) < 4.78 is 0. The Morgan fingerprint density at radius 2 is 0.820 bits per heavy atom. The molecule has 5 aromatic heterocycles. The zero-order chi connectivity index (χ0) is 33.3. The molecule has 234 valence electrons. The summed E-state index contributed by atoms with van der Waals surface area (Å²) in [5.41, 5.74) is 12.8. The molecule has 0 saturated heterocycles. The maximum absolute atomic E-state index is 5.06. The molecule has 0 saturated carbocycles. The standard InChI is InChI=1S/C45H29N5/c1-2-13-38-36(10-1)44-35(11-9-12-37(44)45(50-38)41-16-5-8-27-48-41)33-23-21-31(22-24-33)30-17-19-32(20-18-30)34-28-42(39-14-3-6-25-46-39)49-43(29-34)40-15-4-7-26-47-40/h1-29H.